The molecule has 13 rings (SSSR count). The van der Waals surface area contributed by atoms with E-state index in [9.17, 15) is 19.5 Å². The van der Waals surface area contributed by atoms with E-state index in [0.717, 1.165) is 103 Å². The third kappa shape index (κ3) is 38.7. The third-order valence-electron chi connectivity index (χ3n) is 25.1. The van der Waals surface area contributed by atoms with Gasteiger partial charge >= 0.3 is 46.8 Å². The van der Waals surface area contributed by atoms with E-state index in [-0.39, 0.29) is 146 Å². The fraction of sp³-hybridized carbons (Fsp3) is 0.649. The third-order valence-corrected chi connectivity index (χ3v) is 26.9. The molecule has 3 amide bonds. The molecule has 1 aromatic carbocycles. The van der Waals surface area contributed by atoms with E-state index in [1.54, 1.807) is 77.3 Å². The van der Waals surface area contributed by atoms with Crippen molar-refractivity contribution in [2.75, 3.05) is 10.6 Å². The van der Waals surface area contributed by atoms with Crippen LogP contribution in [0.25, 0.3) is 0 Å². The standard InChI is InChI=1S/C23H39BN4O4.C17H28N4O3.C13H26N2O2.2C10H14BClN2O2.C7H7Br.C6H14O2.C4H4BClN2O2.C4H2BrClN2/c1-9-18-11-17(12-19(10-2)28(18)21(29)30-15(3)4)27-20-25-13-16(14-26-20)24-31-22(5,6)23(7,8)32-24;1-5-13-7-12(20-16-18-9-15(22)10-19-16)8-14(6-2)21(13)17(23)24-11(3)4;1-5-11-7-10(14)8-12(6-2)15(11)13(16)17-9(3)4;2*1-9(2)10(3,4)16-11(15-9)7-5-13-8(12)14-6-7;8-6-7-4-2-1-3-5-7;1-5(2,7)6(3,4)8;6-4-7-1-3(2-8-4)5(9)10;5-3-1-7-4(6)8-2-3/h13-15,17-19H,9-12H2,1-8H3,(H,25,26,27);9-14,22H,5-8H2,1-4H3,(H,18,19,20);9-12H,5-8,14H2,1-4H3;2*5-6H,1-4H3;1-5H,6H2;7-8H,1-4H3;1-2,9-10H;1-2H/t17?,18-,19+;12?,13-,14+;10?,11-,12+;;;;;;. The Morgan fingerprint density at radius 2 is 0.676 bits per heavy atom. The van der Waals surface area contributed by atoms with Gasteiger partial charge in [-0.25, -0.2) is 74.2 Å². The molecule has 770 valence electrons. The highest BCUT2D eigenvalue weighted by Crippen LogP contribution is 2.40. The van der Waals surface area contributed by atoms with Crippen molar-refractivity contribution in [2.24, 2.45) is 5.73 Å². The Morgan fingerprint density at radius 1 is 0.439 bits per heavy atom. The summed E-state index contributed by atoms with van der Waals surface area (Å²) in [6.45, 7) is 54.4. The van der Waals surface area contributed by atoms with E-state index < -0.39 is 50.9 Å². The summed E-state index contributed by atoms with van der Waals surface area (Å²) in [7, 11) is -2.86. The van der Waals surface area contributed by atoms with Crippen LogP contribution in [0.3, 0.4) is 0 Å². The molecule has 3 unspecified atom stereocenters. The van der Waals surface area contributed by atoms with E-state index in [2.05, 4.69) is 156 Å². The second-order valence-corrected chi connectivity index (χ2v) is 42.1. The molecule has 6 aliphatic rings. The number of benzene rings is 1. The van der Waals surface area contributed by atoms with Crippen LogP contribution in [-0.2, 0) is 47.5 Å². The molecule has 9 atom stereocenters. The number of amides is 3. The highest BCUT2D eigenvalue weighted by Gasteiger charge is 2.55. The van der Waals surface area contributed by atoms with E-state index in [1.807, 2.05) is 158 Å². The minimum Gasteiger partial charge on any atom is -0.505 e. The molecule has 7 aromatic rings. The molecule has 35 nitrogen and oxygen atoms in total. The molecule has 6 fully saturated rings. The van der Waals surface area contributed by atoms with Crippen LogP contribution < -0.4 is 38.2 Å². The minimum atomic E-state index is -1.53. The molecular weight excluding hydrogens is 2000 g/mol. The van der Waals surface area contributed by atoms with Crippen molar-refractivity contribution >= 4 is 159 Å². The monoisotopic (exact) mass is 2140 g/mol. The molecule has 0 saturated carbocycles. The highest BCUT2D eigenvalue weighted by atomic mass is 79.9. The van der Waals surface area contributed by atoms with Gasteiger partial charge in [0.25, 0.3) is 0 Å². The van der Waals surface area contributed by atoms with Gasteiger partial charge in [0.1, 0.15) is 0 Å². The summed E-state index contributed by atoms with van der Waals surface area (Å²) in [5.41, 5.74) is 5.76. The minimum absolute atomic E-state index is 0.0460. The summed E-state index contributed by atoms with van der Waals surface area (Å²) in [6, 6.07) is 11.8. The number of alkyl halides is 1. The summed E-state index contributed by atoms with van der Waals surface area (Å²) in [6.07, 6.45) is 28.0. The zero-order chi connectivity index (χ0) is 105. The second kappa shape index (κ2) is 55.8. The molecule has 6 aromatic heterocycles. The molecule has 45 heteroatoms. The van der Waals surface area contributed by atoms with Crippen LogP contribution in [0.1, 0.15) is 276 Å². The number of piperidine rings is 3. The molecule has 0 bridgehead atoms. The summed E-state index contributed by atoms with van der Waals surface area (Å²) >= 11 is 28.5. The Balaban J connectivity index is 0.000000287. The normalized spacial score (nSPS) is 21.7. The number of halogens is 6. The zero-order valence-electron chi connectivity index (χ0n) is 85.9. The molecule has 0 aliphatic carbocycles. The SMILES string of the molecule is BrCc1ccccc1.CC(C)(O)C(C)(C)O.CC1(C)OB(c2cnc(Cl)nc2)OC1(C)C.CC1(C)OB(c2cnc(Cl)nc2)OC1(C)C.CC[C@@H]1CC(N)C[C@H](CC)N1C(=O)OC(C)C.CC[C@@H]1CC(Nc2ncc(B3OC(C)(C)C(C)(C)O3)cn2)C[C@H](CC)N1C(=O)OC(C)C.CC[C@@H]1CC(Nc2ncc(O)cn2)C[C@H](CC)N1C(=O)OC(C)C.Clc1ncc(Br)cn1.OB(O)c1cnc(Cl)nc1. The van der Waals surface area contributed by atoms with Gasteiger partial charge in [0.05, 0.1) is 80.0 Å². The van der Waals surface area contributed by atoms with Gasteiger partial charge in [0.15, 0.2) is 5.75 Å². The number of hydrogen-bond acceptors (Lipinski definition) is 32. The van der Waals surface area contributed by atoms with Crippen LogP contribution in [0, 0.1) is 0 Å². The first kappa shape index (κ1) is 122. The van der Waals surface area contributed by atoms with Crippen molar-refractivity contribution in [1.82, 2.24) is 74.5 Å². The van der Waals surface area contributed by atoms with Crippen molar-refractivity contribution in [3.05, 3.63) is 136 Å². The first-order valence-electron chi connectivity index (χ1n) is 47.3. The predicted octanol–water partition coefficient (Wildman–Crippen LogP) is 16.1. The molecule has 139 heavy (non-hydrogen) atoms. The number of carbonyl (C=O) groups is 3. The van der Waals surface area contributed by atoms with Crippen LogP contribution in [0.15, 0.2) is 109 Å². The number of likely N-dealkylation sites (tertiary alicyclic amines) is 3. The Bertz CT molecular complexity index is 4580. The summed E-state index contributed by atoms with van der Waals surface area (Å²) in [5.74, 6) is 1.13. The molecule has 6 aliphatic heterocycles. The number of aromatic nitrogens is 12. The van der Waals surface area contributed by atoms with Crippen LogP contribution in [0.5, 0.6) is 5.75 Å². The van der Waals surface area contributed by atoms with Gasteiger partial charge in [-0.05, 0) is 297 Å². The number of nitrogens with zero attached hydrogens (tertiary/aromatic N) is 15. The van der Waals surface area contributed by atoms with E-state index >= 15 is 0 Å². The van der Waals surface area contributed by atoms with Gasteiger partial charge < -0.3 is 98.6 Å². The lowest BCUT2D eigenvalue weighted by Crippen LogP contribution is -2.55. The summed E-state index contributed by atoms with van der Waals surface area (Å²) < 4.78 is 52.7. The number of carbonyl (C=O) groups excluding carboxylic acids is 3. The first-order chi connectivity index (χ1) is 64.7. The Labute approximate surface area is 860 Å². The van der Waals surface area contributed by atoms with Gasteiger partial charge in [-0.2, -0.15) is 0 Å². The number of hydrogen-bond donors (Lipinski definition) is 8. The summed E-state index contributed by atoms with van der Waals surface area (Å²) in [4.78, 5) is 90.4. The molecule has 0 spiro atoms. The fourth-order valence-electron chi connectivity index (χ4n) is 14.4. The van der Waals surface area contributed by atoms with Gasteiger partial charge in [0.2, 0.25) is 33.0 Å². The summed E-state index contributed by atoms with van der Waals surface area (Å²) in [5, 5.41) is 53.1. The van der Waals surface area contributed by atoms with Gasteiger partial charge in [-0.3, -0.25) is 0 Å². The van der Waals surface area contributed by atoms with Gasteiger partial charge in [0, 0.05) is 144 Å². The van der Waals surface area contributed by atoms with E-state index in [4.69, 9.17) is 115 Å². The predicted molar refractivity (Wildman–Crippen MR) is 556 cm³/mol. The Kier molecular flexibility index (Phi) is 49.1. The Morgan fingerprint density at radius 3 is 0.899 bits per heavy atom. The quantitative estimate of drug-likeness (QED) is 0.0161. The molecule has 6 saturated heterocycles. The molecule has 12 heterocycles. The first-order valence-corrected chi connectivity index (χ1v) is 50.7. The van der Waals surface area contributed by atoms with E-state index in [1.165, 1.54) is 30.4 Å². The maximum Gasteiger partial charge on any atom is 0.498 e. The topological polar surface area (TPSA) is 450 Å². The number of ether oxygens (including phenoxy) is 3. The number of aromatic hydroxyl groups is 1. The van der Waals surface area contributed by atoms with Crippen LogP contribution >= 0.6 is 78.3 Å². The number of anilines is 2. The van der Waals surface area contributed by atoms with Crippen LogP contribution in [0.4, 0.5) is 26.3 Å². The lowest BCUT2D eigenvalue weighted by Gasteiger charge is -2.44. The van der Waals surface area contributed by atoms with E-state index in [0.29, 0.717) is 11.9 Å². The molecular formula is C94H148B4Br2Cl4N18O17. The maximum atomic E-state index is 12.7. The largest absolute Gasteiger partial charge is 0.505 e. The lowest BCUT2D eigenvalue weighted by molar-refractivity contribution is -0.107. The lowest BCUT2D eigenvalue weighted by atomic mass is 9.81. The van der Waals surface area contributed by atoms with Crippen molar-refractivity contribution in [3.8, 4) is 5.75 Å². The highest BCUT2D eigenvalue weighted by molar-refractivity contribution is 9.10. The molecule has 0 radical (unpaired) electrons. The number of aliphatic hydroxyl groups is 2. The smallest absolute Gasteiger partial charge is 0.498 e. The van der Waals surface area contributed by atoms with Gasteiger partial charge in [-0.1, -0.05) is 87.8 Å². The average Bonchev–Trinajstić information content (AvgIpc) is 1.62. The number of rotatable bonds is 19. The van der Waals surface area contributed by atoms with Crippen molar-refractivity contribution in [1.29, 1.82) is 0 Å². The fourth-order valence-corrected chi connectivity index (χ4v) is 15.4. The van der Waals surface area contributed by atoms with Gasteiger partial charge in [-0.15, -0.1) is 0 Å². The number of nitrogens with one attached hydrogen (secondary N) is 2. The number of nitrogens with two attached hydrogens (primary N) is 1. The van der Waals surface area contributed by atoms with Crippen LogP contribution in [0.2, 0.25) is 21.1 Å². The van der Waals surface area contributed by atoms with Crippen molar-refractivity contribution in [2.45, 2.75) is 394 Å². The van der Waals surface area contributed by atoms with Crippen LogP contribution in [-0.4, -0.2) is 264 Å². The van der Waals surface area contributed by atoms with Crippen molar-refractivity contribution in [3.63, 3.8) is 0 Å². The van der Waals surface area contributed by atoms with Crippen molar-refractivity contribution < 1.29 is 81.9 Å². The Hall–Kier alpha value is -7.15. The molecule has 9 N–H and O–H groups in total. The zero-order valence-corrected chi connectivity index (χ0v) is 92.1. The maximum absolute atomic E-state index is 12.7. The second-order valence-electron chi connectivity index (χ2n) is 39.3. The average molecular weight is 2150 g/mol.